The van der Waals surface area contributed by atoms with Gasteiger partial charge in [0.25, 0.3) is 0 Å². The van der Waals surface area contributed by atoms with Crippen LogP contribution in [0.5, 0.6) is 0 Å². The molecule has 0 saturated carbocycles. The van der Waals surface area contributed by atoms with Crippen molar-refractivity contribution in [2.75, 3.05) is 18.9 Å². The second-order valence-electron chi connectivity index (χ2n) is 5.57. The smallest absolute Gasteiger partial charge is 0.179 e. The molecule has 0 amide bonds. The molecule has 1 aromatic carbocycles. The molecule has 2 aliphatic rings. The molecule has 4 nitrogen and oxygen atoms in total. The van der Waals surface area contributed by atoms with E-state index in [2.05, 4.69) is 0 Å². The molecule has 1 aromatic rings. The minimum absolute atomic E-state index is 0.00357. The predicted molar refractivity (Wildman–Crippen MR) is 72.8 cm³/mol. The summed E-state index contributed by atoms with van der Waals surface area (Å²) in [5, 5.41) is 0. The van der Waals surface area contributed by atoms with E-state index in [1.165, 1.54) is 0 Å². The Labute approximate surface area is 113 Å². The number of hydrogen-bond donors (Lipinski definition) is 1. The Balaban J connectivity index is 2.13. The topological polar surface area (TPSA) is 69.4 Å². The predicted octanol–water partition coefficient (Wildman–Crippen LogP) is 1.31. The molecule has 104 valence electrons. The zero-order valence-electron chi connectivity index (χ0n) is 11.0. The number of ether oxygens (including phenoxy) is 1. The zero-order chi connectivity index (χ0) is 13.7. The van der Waals surface area contributed by atoms with E-state index >= 15 is 0 Å². The van der Waals surface area contributed by atoms with Crippen molar-refractivity contribution in [1.82, 2.24) is 0 Å². The Hall–Kier alpha value is -0.910. The van der Waals surface area contributed by atoms with Gasteiger partial charge in [0.05, 0.1) is 16.8 Å². The Morgan fingerprint density at radius 2 is 2.16 bits per heavy atom. The highest BCUT2D eigenvalue weighted by molar-refractivity contribution is 7.91. The van der Waals surface area contributed by atoms with E-state index in [4.69, 9.17) is 10.5 Å². The van der Waals surface area contributed by atoms with Crippen molar-refractivity contribution >= 4 is 9.84 Å². The van der Waals surface area contributed by atoms with Gasteiger partial charge in [-0.1, -0.05) is 18.2 Å². The molecule has 2 heterocycles. The Kier molecular flexibility index (Phi) is 2.96. The van der Waals surface area contributed by atoms with Gasteiger partial charge in [0, 0.05) is 24.5 Å². The lowest BCUT2D eigenvalue weighted by molar-refractivity contribution is 0.0565. The summed E-state index contributed by atoms with van der Waals surface area (Å²) in [5.41, 5.74) is 6.68. The first-order chi connectivity index (χ1) is 9.01. The minimum Gasteiger partial charge on any atom is -0.378 e. The molecule has 0 bridgehead atoms. The van der Waals surface area contributed by atoms with Crippen molar-refractivity contribution in [3.8, 4) is 0 Å². The highest BCUT2D eigenvalue weighted by Crippen LogP contribution is 2.51. The van der Waals surface area contributed by atoms with Crippen LogP contribution >= 0.6 is 0 Å². The number of hydrogen-bond acceptors (Lipinski definition) is 4. The number of nitrogens with two attached hydrogens (primary N) is 1. The van der Waals surface area contributed by atoms with Gasteiger partial charge in [-0.3, -0.25) is 0 Å². The second-order valence-corrected chi connectivity index (χ2v) is 7.57. The molecule has 0 aliphatic carbocycles. The summed E-state index contributed by atoms with van der Waals surface area (Å²) < 4.78 is 30.3. The standard InChI is InChI=1S/C14H19NO3S/c1-10-14(9-15,6-7-18-10)12-8-19(16,17)13-5-3-2-4-11(12)13/h2-5,10,12H,6-9,15H2,1H3. The first-order valence-corrected chi connectivity index (χ1v) is 8.30. The number of rotatable bonds is 2. The van der Waals surface area contributed by atoms with Gasteiger partial charge in [-0.05, 0) is 25.0 Å². The van der Waals surface area contributed by atoms with Gasteiger partial charge in [-0.15, -0.1) is 0 Å². The number of fused-ring (bicyclic) bond motifs is 1. The lowest BCUT2D eigenvalue weighted by Gasteiger charge is -2.36. The molecule has 5 heteroatoms. The van der Waals surface area contributed by atoms with Crippen molar-refractivity contribution in [1.29, 1.82) is 0 Å². The summed E-state index contributed by atoms with van der Waals surface area (Å²) in [4.78, 5) is 0.479. The average molecular weight is 281 g/mol. The maximum atomic E-state index is 12.3. The molecule has 1 fully saturated rings. The molecule has 2 aliphatic heterocycles. The zero-order valence-corrected chi connectivity index (χ0v) is 11.8. The van der Waals surface area contributed by atoms with E-state index in [-0.39, 0.29) is 23.2 Å². The molecular weight excluding hydrogens is 262 g/mol. The van der Waals surface area contributed by atoms with Crippen molar-refractivity contribution < 1.29 is 13.2 Å². The second kappa shape index (κ2) is 4.30. The molecule has 0 radical (unpaired) electrons. The molecular formula is C14H19NO3S. The van der Waals surface area contributed by atoms with Crippen molar-refractivity contribution in [3.63, 3.8) is 0 Å². The van der Waals surface area contributed by atoms with Crippen LogP contribution < -0.4 is 5.73 Å². The fourth-order valence-corrected chi connectivity index (χ4v) is 5.57. The fourth-order valence-electron chi connectivity index (χ4n) is 3.59. The third-order valence-corrected chi connectivity index (χ3v) is 6.65. The van der Waals surface area contributed by atoms with Gasteiger partial charge in [0.1, 0.15) is 0 Å². The van der Waals surface area contributed by atoms with Gasteiger partial charge in [-0.2, -0.15) is 0 Å². The minimum atomic E-state index is -3.17. The first-order valence-electron chi connectivity index (χ1n) is 6.64. The highest BCUT2D eigenvalue weighted by atomic mass is 32.2. The molecule has 2 N–H and O–H groups in total. The fraction of sp³-hybridized carbons (Fsp3) is 0.571. The molecule has 3 atom stereocenters. The summed E-state index contributed by atoms with van der Waals surface area (Å²) in [6.45, 7) is 3.13. The van der Waals surface area contributed by atoms with Crippen molar-refractivity contribution in [3.05, 3.63) is 29.8 Å². The van der Waals surface area contributed by atoms with E-state index in [1.807, 2.05) is 19.1 Å². The maximum Gasteiger partial charge on any atom is 0.179 e. The van der Waals surface area contributed by atoms with E-state index in [0.717, 1.165) is 12.0 Å². The van der Waals surface area contributed by atoms with Crippen LogP contribution in [0.25, 0.3) is 0 Å². The molecule has 3 unspecified atom stereocenters. The quantitative estimate of drug-likeness (QED) is 0.887. The average Bonchev–Trinajstić information content (AvgIpc) is 2.90. The maximum absolute atomic E-state index is 12.3. The number of benzene rings is 1. The van der Waals surface area contributed by atoms with Crippen molar-refractivity contribution in [2.45, 2.75) is 30.3 Å². The van der Waals surface area contributed by atoms with E-state index in [1.54, 1.807) is 12.1 Å². The third-order valence-electron chi connectivity index (χ3n) is 4.83. The summed E-state index contributed by atoms with van der Waals surface area (Å²) >= 11 is 0. The van der Waals surface area contributed by atoms with Crippen LogP contribution in [0.1, 0.15) is 24.8 Å². The van der Waals surface area contributed by atoms with Crippen LogP contribution in [0.15, 0.2) is 29.2 Å². The highest BCUT2D eigenvalue weighted by Gasteiger charge is 2.52. The number of sulfone groups is 1. The SMILES string of the molecule is CC1OCCC1(CN)C1CS(=O)(=O)c2ccccc21. The Morgan fingerprint density at radius 1 is 1.42 bits per heavy atom. The van der Waals surface area contributed by atoms with Gasteiger partial charge in [0.2, 0.25) is 0 Å². The Morgan fingerprint density at radius 3 is 2.79 bits per heavy atom. The van der Waals surface area contributed by atoms with Crippen LogP contribution in [0.2, 0.25) is 0 Å². The molecule has 0 aromatic heterocycles. The lowest BCUT2D eigenvalue weighted by atomic mass is 9.69. The third kappa shape index (κ3) is 1.75. The monoisotopic (exact) mass is 281 g/mol. The van der Waals surface area contributed by atoms with Crippen LogP contribution in [0, 0.1) is 5.41 Å². The normalized spacial score (nSPS) is 36.3. The van der Waals surface area contributed by atoms with Crippen molar-refractivity contribution in [2.24, 2.45) is 11.1 Å². The summed E-state index contributed by atoms with van der Waals surface area (Å²) in [5.74, 6) is 0.119. The Bertz CT molecular complexity index is 598. The van der Waals surface area contributed by atoms with Gasteiger partial charge >= 0.3 is 0 Å². The van der Waals surface area contributed by atoms with Gasteiger partial charge < -0.3 is 10.5 Å². The lowest BCUT2D eigenvalue weighted by Crippen LogP contribution is -2.42. The van der Waals surface area contributed by atoms with E-state index < -0.39 is 9.84 Å². The largest absolute Gasteiger partial charge is 0.378 e. The summed E-state index contributed by atoms with van der Waals surface area (Å²) in [7, 11) is -3.17. The summed E-state index contributed by atoms with van der Waals surface area (Å²) in [6, 6.07) is 7.31. The van der Waals surface area contributed by atoms with E-state index in [9.17, 15) is 8.42 Å². The molecule has 19 heavy (non-hydrogen) atoms. The van der Waals surface area contributed by atoms with Crippen LogP contribution in [0.4, 0.5) is 0 Å². The van der Waals surface area contributed by atoms with Crippen LogP contribution in [0.3, 0.4) is 0 Å². The molecule has 3 rings (SSSR count). The van der Waals surface area contributed by atoms with Crippen LogP contribution in [-0.4, -0.2) is 33.4 Å². The first kappa shape index (κ1) is 13.1. The van der Waals surface area contributed by atoms with Gasteiger partial charge in [0.15, 0.2) is 9.84 Å². The van der Waals surface area contributed by atoms with Gasteiger partial charge in [-0.25, -0.2) is 8.42 Å². The van der Waals surface area contributed by atoms with E-state index in [0.29, 0.717) is 18.0 Å². The molecule has 0 spiro atoms. The molecule has 1 saturated heterocycles. The van der Waals surface area contributed by atoms with Crippen LogP contribution in [-0.2, 0) is 14.6 Å². The summed E-state index contributed by atoms with van der Waals surface area (Å²) in [6.07, 6.45) is 0.836.